The molecule has 0 saturated heterocycles. The van der Waals surface area contributed by atoms with E-state index in [1.165, 1.54) is 0 Å². The van der Waals surface area contributed by atoms with E-state index in [1.54, 1.807) is 4.90 Å². The topological polar surface area (TPSA) is 38.8 Å². The molecule has 5 nitrogen and oxygen atoms in total. The van der Waals surface area contributed by atoms with Gasteiger partial charge in [-0.15, -0.1) is 0 Å². The quantitative estimate of drug-likeness (QED) is 0.925. The maximum Gasteiger partial charge on any atom is 0.261 e. The van der Waals surface area contributed by atoms with Gasteiger partial charge < -0.3 is 5.32 Å². The molecule has 0 atom stereocenters. The number of nitrogens with one attached hydrogen (secondary N) is 1. The van der Waals surface area contributed by atoms with Crippen LogP contribution in [0.15, 0.2) is 54.0 Å². The van der Waals surface area contributed by atoms with E-state index in [0.717, 1.165) is 36.5 Å². The van der Waals surface area contributed by atoms with Gasteiger partial charge in [-0.05, 0) is 25.1 Å². The molecule has 0 aliphatic carbocycles. The number of anilines is 1. The van der Waals surface area contributed by atoms with Gasteiger partial charge in [-0.3, -0.25) is 14.7 Å². The van der Waals surface area contributed by atoms with Crippen LogP contribution in [0.25, 0.3) is 0 Å². The Morgan fingerprint density at radius 1 is 1.32 bits per heavy atom. The van der Waals surface area contributed by atoms with Crippen LogP contribution in [0.4, 0.5) is 5.69 Å². The lowest BCUT2D eigenvalue weighted by Gasteiger charge is -2.46. The van der Waals surface area contributed by atoms with Crippen LogP contribution >= 0.6 is 0 Å². The van der Waals surface area contributed by atoms with Gasteiger partial charge >= 0.3 is 0 Å². The Bertz CT molecular complexity index is 623. The van der Waals surface area contributed by atoms with Crippen molar-refractivity contribution in [2.24, 2.45) is 0 Å². The first-order valence-electron chi connectivity index (χ1n) is 7.67. The molecule has 2 heterocycles. The molecule has 0 unspecified atom stereocenters. The number of hydrogen-bond acceptors (Lipinski definition) is 4. The number of hydrogen-bond donors (Lipinski definition) is 1. The molecule has 0 radical (unpaired) electrons. The second-order valence-corrected chi connectivity index (χ2v) is 5.53. The Morgan fingerprint density at radius 3 is 2.73 bits per heavy atom. The number of carbonyl (C=O) groups is 1. The molecule has 0 saturated carbocycles. The highest BCUT2D eigenvalue weighted by molar-refractivity contribution is 6.09. The number of rotatable bonds is 3. The second-order valence-electron chi connectivity index (χ2n) is 5.53. The van der Waals surface area contributed by atoms with Crippen molar-refractivity contribution in [2.75, 3.05) is 31.6 Å². The largest absolute Gasteiger partial charge is 0.311 e. The zero-order valence-corrected chi connectivity index (χ0v) is 13.2. The molecule has 0 fully saturated rings. The van der Waals surface area contributed by atoms with Gasteiger partial charge in [-0.25, -0.2) is 5.01 Å². The molecule has 0 bridgehead atoms. The van der Waals surface area contributed by atoms with Crippen molar-refractivity contribution in [1.82, 2.24) is 15.3 Å². The molecule has 22 heavy (non-hydrogen) atoms. The first-order chi connectivity index (χ1) is 10.6. The van der Waals surface area contributed by atoms with Gasteiger partial charge in [0, 0.05) is 25.7 Å². The summed E-state index contributed by atoms with van der Waals surface area (Å²) < 4.78 is 0. The zero-order valence-electron chi connectivity index (χ0n) is 13.2. The van der Waals surface area contributed by atoms with Crippen LogP contribution in [-0.4, -0.2) is 42.6 Å². The maximum atomic E-state index is 13.0. The minimum atomic E-state index is 0.0495. The minimum Gasteiger partial charge on any atom is -0.311 e. The molecule has 3 rings (SSSR count). The monoisotopic (exact) mass is 298 g/mol. The van der Waals surface area contributed by atoms with E-state index < -0.39 is 0 Å². The Morgan fingerprint density at radius 2 is 2.05 bits per heavy atom. The number of benzene rings is 1. The average Bonchev–Trinajstić information content (AvgIpc) is 2.56. The van der Waals surface area contributed by atoms with Gasteiger partial charge in [0.2, 0.25) is 0 Å². The highest BCUT2D eigenvalue weighted by atomic mass is 16.2. The van der Waals surface area contributed by atoms with Crippen molar-refractivity contribution in [2.45, 2.75) is 13.3 Å². The van der Waals surface area contributed by atoms with Gasteiger partial charge in [-0.1, -0.05) is 31.7 Å². The first kappa shape index (κ1) is 14.8. The Labute approximate surface area is 131 Å². The number of para-hydroxylation sites is 1. The van der Waals surface area contributed by atoms with E-state index in [-0.39, 0.29) is 5.91 Å². The molecule has 1 N–H and O–H groups in total. The summed E-state index contributed by atoms with van der Waals surface area (Å²) in [6, 6.07) is 9.72. The van der Waals surface area contributed by atoms with E-state index in [1.807, 2.05) is 37.4 Å². The summed E-state index contributed by atoms with van der Waals surface area (Å²) in [6.07, 6.45) is 0.749. The highest BCUT2D eigenvalue weighted by Gasteiger charge is 2.38. The van der Waals surface area contributed by atoms with Crippen molar-refractivity contribution in [3.05, 3.63) is 54.0 Å². The number of carbonyl (C=O) groups excluding carboxylic acids is 1. The van der Waals surface area contributed by atoms with Gasteiger partial charge in [-0.2, -0.15) is 0 Å². The van der Waals surface area contributed by atoms with E-state index in [0.29, 0.717) is 12.4 Å². The lowest BCUT2D eigenvalue weighted by Crippen LogP contribution is -2.54. The summed E-state index contributed by atoms with van der Waals surface area (Å²) in [5.41, 5.74) is 2.77. The van der Waals surface area contributed by atoms with Gasteiger partial charge in [0.05, 0.1) is 11.4 Å². The predicted octanol–water partition coefficient (Wildman–Crippen LogP) is 1.92. The molecule has 5 heteroatoms. The third-order valence-electron chi connectivity index (χ3n) is 4.23. The molecular weight excluding hydrogens is 276 g/mol. The second kappa shape index (κ2) is 5.94. The predicted molar refractivity (Wildman–Crippen MR) is 87.7 cm³/mol. The number of nitrogens with zero attached hydrogens (tertiary/aromatic N) is 3. The fourth-order valence-corrected chi connectivity index (χ4v) is 2.99. The fraction of sp³-hybridized carbons (Fsp3) is 0.353. The first-order valence-corrected chi connectivity index (χ1v) is 7.67. The van der Waals surface area contributed by atoms with Crippen molar-refractivity contribution in [3.63, 3.8) is 0 Å². The van der Waals surface area contributed by atoms with E-state index in [2.05, 4.69) is 28.8 Å². The lowest BCUT2D eigenvalue weighted by atomic mass is 10.0. The molecule has 0 aromatic heterocycles. The third kappa shape index (κ3) is 2.32. The molecule has 2 aliphatic rings. The van der Waals surface area contributed by atoms with Crippen LogP contribution in [0.5, 0.6) is 0 Å². The van der Waals surface area contributed by atoms with Crippen molar-refractivity contribution in [3.8, 4) is 0 Å². The Balaban J connectivity index is 2.09. The van der Waals surface area contributed by atoms with Gasteiger partial charge in [0.15, 0.2) is 0 Å². The van der Waals surface area contributed by atoms with E-state index >= 15 is 0 Å². The van der Waals surface area contributed by atoms with Crippen LogP contribution in [0.2, 0.25) is 0 Å². The molecule has 0 spiro atoms. The molecule has 1 aromatic rings. The molecule has 1 aromatic carbocycles. The fourth-order valence-electron chi connectivity index (χ4n) is 2.99. The maximum absolute atomic E-state index is 13.0. The van der Waals surface area contributed by atoms with E-state index in [4.69, 9.17) is 0 Å². The summed E-state index contributed by atoms with van der Waals surface area (Å²) in [4.78, 5) is 14.7. The van der Waals surface area contributed by atoms with Crippen molar-refractivity contribution >= 4 is 11.6 Å². The van der Waals surface area contributed by atoms with Gasteiger partial charge in [0.25, 0.3) is 5.91 Å². The Hall–Kier alpha value is -2.11. The summed E-state index contributed by atoms with van der Waals surface area (Å²) in [5.74, 6) is 0.733. The summed E-state index contributed by atoms with van der Waals surface area (Å²) in [7, 11) is 2.02. The van der Waals surface area contributed by atoms with Crippen LogP contribution in [0.3, 0.4) is 0 Å². The third-order valence-corrected chi connectivity index (χ3v) is 4.23. The number of hydrazine groups is 1. The van der Waals surface area contributed by atoms with Crippen LogP contribution in [0.1, 0.15) is 13.3 Å². The van der Waals surface area contributed by atoms with Crippen molar-refractivity contribution < 1.29 is 4.79 Å². The smallest absolute Gasteiger partial charge is 0.261 e. The summed E-state index contributed by atoms with van der Waals surface area (Å²) >= 11 is 0. The normalized spacial score (nSPS) is 19.0. The minimum absolute atomic E-state index is 0.0495. The molecule has 2 aliphatic heterocycles. The summed E-state index contributed by atoms with van der Waals surface area (Å²) in [5, 5.41) is 7.51. The van der Waals surface area contributed by atoms with Crippen LogP contribution in [-0.2, 0) is 4.79 Å². The molecule has 1 amide bonds. The zero-order chi connectivity index (χ0) is 15.7. The lowest BCUT2D eigenvalue weighted by molar-refractivity contribution is -0.116. The van der Waals surface area contributed by atoms with Crippen LogP contribution < -0.4 is 10.2 Å². The number of amides is 1. The average molecular weight is 298 g/mol. The van der Waals surface area contributed by atoms with E-state index in [9.17, 15) is 4.79 Å². The van der Waals surface area contributed by atoms with Gasteiger partial charge in [0.1, 0.15) is 5.82 Å². The summed E-state index contributed by atoms with van der Waals surface area (Å²) in [6.45, 7) is 8.66. The SMILES string of the molecule is C=C1N(c2ccccc2)C(=O)C2=C(CNCC2)N1N(C)CC. The Kier molecular flexibility index (Phi) is 4.00. The standard InChI is InChI=1S/C17H22N4O/c1-4-19(3)21-13(2)20(14-8-6-5-7-9-14)17(22)15-10-11-18-12-16(15)21/h5-9,18H,2,4,10-12H2,1,3H3. The van der Waals surface area contributed by atoms with Crippen LogP contribution in [0, 0.1) is 0 Å². The molecule has 116 valence electrons. The van der Waals surface area contributed by atoms with Crippen molar-refractivity contribution in [1.29, 1.82) is 0 Å². The highest BCUT2D eigenvalue weighted by Crippen LogP contribution is 2.34. The molecular formula is C17H22N4O.